The van der Waals surface area contributed by atoms with Crippen LogP contribution in [0.15, 0.2) is 27.3 Å². The maximum Gasteiger partial charge on any atom is 0.317 e. The third-order valence-electron chi connectivity index (χ3n) is 3.86. The van der Waals surface area contributed by atoms with Gasteiger partial charge in [0.1, 0.15) is 11.5 Å². The van der Waals surface area contributed by atoms with Crippen LogP contribution in [0.1, 0.15) is 28.8 Å². The minimum atomic E-state index is -0.150. The molecule has 2 amide bonds. The Morgan fingerprint density at radius 1 is 1.35 bits per heavy atom. The lowest BCUT2D eigenvalue weighted by Crippen LogP contribution is -2.41. The Kier molecular flexibility index (Phi) is 5.44. The summed E-state index contributed by atoms with van der Waals surface area (Å²) in [5.41, 5.74) is 1.75. The molecule has 2 aromatic rings. The molecule has 7 heteroatoms. The van der Waals surface area contributed by atoms with Gasteiger partial charge in [-0.2, -0.15) is 0 Å². The molecule has 0 aromatic carbocycles. The molecule has 0 spiro atoms. The lowest BCUT2D eigenvalue weighted by molar-refractivity contribution is 0.197. The van der Waals surface area contributed by atoms with Crippen LogP contribution in [0.3, 0.4) is 0 Å². The number of likely N-dealkylation sites (N-methyl/N-ethyl adjacent to an activating group) is 1. The van der Waals surface area contributed by atoms with Crippen LogP contribution in [-0.4, -0.2) is 48.7 Å². The maximum atomic E-state index is 12.3. The van der Waals surface area contributed by atoms with Gasteiger partial charge in [-0.25, -0.2) is 4.79 Å². The summed E-state index contributed by atoms with van der Waals surface area (Å²) >= 11 is 0. The first-order valence-corrected chi connectivity index (χ1v) is 7.50. The van der Waals surface area contributed by atoms with Crippen molar-refractivity contribution in [1.82, 2.24) is 20.3 Å². The van der Waals surface area contributed by atoms with Crippen LogP contribution in [-0.2, 0) is 6.54 Å². The molecule has 0 saturated carbocycles. The number of amides is 2. The molecule has 2 heterocycles. The number of hydrogen-bond donors (Lipinski definition) is 1. The predicted molar refractivity (Wildman–Crippen MR) is 86.0 cm³/mol. The number of carbonyl (C=O) groups is 1. The topological polar surface area (TPSA) is 74.8 Å². The van der Waals surface area contributed by atoms with Gasteiger partial charge < -0.3 is 19.2 Å². The summed E-state index contributed by atoms with van der Waals surface area (Å²) < 4.78 is 10.6. The number of nitrogens with zero attached hydrogens (tertiary/aromatic N) is 3. The molecule has 0 aliphatic heterocycles. The van der Waals surface area contributed by atoms with Crippen molar-refractivity contribution in [1.29, 1.82) is 0 Å². The van der Waals surface area contributed by atoms with Crippen LogP contribution in [0, 0.1) is 13.8 Å². The van der Waals surface area contributed by atoms with Crippen molar-refractivity contribution in [2.24, 2.45) is 0 Å². The third-order valence-corrected chi connectivity index (χ3v) is 3.86. The molecule has 0 aliphatic carbocycles. The van der Waals surface area contributed by atoms with Gasteiger partial charge >= 0.3 is 6.03 Å². The van der Waals surface area contributed by atoms with Crippen molar-refractivity contribution in [3.8, 4) is 0 Å². The van der Waals surface area contributed by atoms with E-state index in [9.17, 15) is 4.79 Å². The van der Waals surface area contributed by atoms with E-state index in [1.165, 1.54) is 0 Å². The first-order chi connectivity index (χ1) is 10.9. The average Bonchev–Trinajstić information content (AvgIpc) is 3.12. The van der Waals surface area contributed by atoms with Gasteiger partial charge in [-0.3, -0.25) is 4.90 Å². The third kappa shape index (κ3) is 4.13. The van der Waals surface area contributed by atoms with Crippen LogP contribution in [0.25, 0.3) is 0 Å². The molecule has 0 unspecified atom stereocenters. The summed E-state index contributed by atoms with van der Waals surface area (Å²) in [4.78, 5) is 15.9. The molecule has 2 rings (SSSR count). The molecule has 0 fully saturated rings. The molecule has 126 valence electrons. The van der Waals surface area contributed by atoms with E-state index < -0.39 is 0 Å². The molecule has 2 aromatic heterocycles. The quantitative estimate of drug-likeness (QED) is 0.884. The molecule has 0 saturated heterocycles. The standard InChI is InChI=1S/C16H24N4O3/c1-11-13(12(2)23-18-11)10-20(5)16(21)17-9-14(19(3)4)15-7-6-8-22-15/h6-8,14H,9-10H2,1-5H3,(H,17,21)/t14-/m0/s1. The summed E-state index contributed by atoms with van der Waals surface area (Å²) in [7, 11) is 5.65. The number of nitrogens with one attached hydrogen (secondary N) is 1. The van der Waals surface area contributed by atoms with Crippen molar-refractivity contribution in [2.45, 2.75) is 26.4 Å². The van der Waals surface area contributed by atoms with Gasteiger partial charge in [-0.1, -0.05) is 5.16 Å². The Morgan fingerprint density at radius 2 is 2.09 bits per heavy atom. The Labute approximate surface area is 136 Å². The molecule has 7 nitrogen and oxygen atoms in total. The van der Waals surface area contributed by atoms with Crippen molar-refractivity contribution >= 4 is 6.03 Å². The summed E-state index contributed by atoms with van der Waals surface area (Å²) in [6, 6.07) is 3.59. The van der Waals surface area contributed by atoms with Gasteiger partial charge in [0.05, 0.1) is 24.5 Å². The van der Waals surface area contributed by atoms with E-state index in [1.54, 1.807) is 18.2 Å². The number of furan rings is 1. The number of urea groups is 1. The van der Waals surface area contributed by atoms with Crippen LogP contribution >= 0.6 is 0 Å². The zero-order chi connectivity index (χ0) is 17.0. The number of hydrogen-bond acceptors (Lipinski definition) is 5. The molecule has 0 bridgehead atoms. The van der Waals surface area contributed by atoms with Crippen LogP contribution in [0.2, 0.25) is 0 Å². The van der Waals surface area contributed by atoms with Gasteiger partial charge in [0, 0.05) is 19.2 Å². The zero-order valence-corrected chi connectivity index (χ0v) is 14.3. The fourth-order valence-electron chi connectivity index (χ4n) is 2.37. The van der Waals surface area contributed by atoms with Crippen LogP contribution in [0.5, 0.6) is 0 Å². The lowest BCUT2D eigenvalue weighted by Gasteiger charge is -2.24. The van der Waals surface area contributed by atoms with E-state index in [1.807, 2.05) is 45.0 Å². The molecule has 0 radical (unpaired) electrons. The molecule has 1 atom stereocenters. The minimum absolute atomic E-state index is 0.0126. The lowest BCUT2D eigenvalue weighted by atomic mass is 10.2. The predicted octanol–water partition coefficient (Wildman–Crippen LogP) is 2.33. The monoisotopic (exact) mass is 320 g/mol. The highest BCUT2D eigenvalue weighted by Crippen LogP contribution is 2.18. The van der Waals surface area contributed by atoms with E-state index in [-0.39, 0.29) is 12.1 Å². The Hall–Kier alpha value is -2.28. The number of aryl methyl sites for hydroxylation is 2. The van der Waals surface area contributed by atoms with Crippen LogP contribution < -0.4 is 5.32 Å². The van der Waals surface area contributed by atoms with E-state index in [0.717, 1.165) is 22.8 Å². The number of aromatic nitrogens is 1. The maximum absolute atomic E-state index is 12.3. The molecular weight excluding hydrogens is 296 g/mol. The van der Waals surface area contributed by atoms with Crippen molar-refractivity contribution in [3.05, 3.63) is 41.2 Å². The highest BCUT2D eigenvalue weighted by Gasteiger charge is 2.20. The smallest absolute Gasteiger partial charge is 0.317 e. The first kappa shape index (κ1) is 17.1. The van der Waals surface area contributed by atoms with Crippen LogP contribution in [0.4, 0.5) is 4.79 Å². The number of rotatable bonds is 6. The molecule has 0 aliphatic rings. The molecule has 23 heavy (non-hydrogen) atoms. The summed E-state index contributed by atoms with van der Waals surface area (Å²) in [5, 5.41) is 6.85. The SMILES string of the molecule is Cc1noc(C)c1CN(C)C(=O)NC[C@@H](c1ccco1)N(C)C. The summed E-state index contributed by atoms with van der Waals surface area (Å²) in [6.07, 6.45) is 1.64. The van der Waals surface area contributed by atoms with Gasteiger partial charge in [0.15, 0.2) is 0 Å². The minimum Gasteiger partial charge on any atom is -0.468 e. The van der Waals surface area contributed by atoms with Crippen molar-refractivity contribution in [3.63, 3.8) is 0 Å². The summed E-state index contributed by atoms with van der Waals surface area (Å²) in [6.45, 7) is 4.64. The Balaban J connectivity index is 1.93. The van der Waals surface area contributed by atoms with E-state index in [0.29, 0.717) is 13.1 Å². The fourth-order valence-corrected chi connectivity index (χ4v) is 2.37. The van der Waals surface area contributed by atoms with E-state index in [4.69, 9.17) is 8.94 Å². The second kappa shape index (κ2) is 7.32. The van der Waals surface area contributed by atoms with Gasteiger partial charge in [0.2, 0.25) is 0 Å². The van der Waals surface area contributed by atoms with E-state index in [2.05, 4.69) is 10.5 Å². The van der Waals surface area contributed by atoms with Gasteiger partial charge in [-0.05, 0) is 40.1 Å². The Morgan fingerprint density at radius 3 is 2.61 bits per heavy atom. The molecule has 1 N–H and O–H groups in total. The highest BCUT2D eigenvalue weighted by atomic mass is 16.5. The normalized spacial score (nSPS) is 12.4. The molecular formula is C16H24N4O3. The number of carbonyl (C=O) groups excluding carboxylic acids is 1. The largest absolute Gasteiger partial charge is 0.468 e. The first-order valence-electron chi connectivity index (χ1n) is 7.50. The second-order valence-electron chi connectivity index (χ2n) is 5.84. The summed E-state index contributed by atoms with van der Waals surface area (Å²) in [5.74, 6) is 1.56. The fraction of sp³-hybridized carbons (Fsp3) is 0.500. The second-order valence-corrected chi connectivity index (χ2v) is 5.84. The van der Waals surface area contributed by atoms with Crippen molar-refractivity contribution < 1.29 is 13.7 Å². The Bertz CT molecular complexity index is 614. The average molecular weight is 320 g/mol. The van der Waals surface area contributed by atoms with Crippen molar-refractivity contribution in [2.75, 3.05) is 27.7 Å². The van der Waals surface area contributed by atoms with Gasteiger partial charge in [0.25, 0.3) is 0 Å². The zero-order valence-electron chi connectivity index (χ0n) is 14.3. The van der Waals surface area contributed by atoms with Gasteiger partial charge in [-0.15, -0.1) is 0 Å². The van der Waals surface area contributed by atoms with E-state index >= 15 is 0 Å². The highest BCUT2D eigenvalue weighted by molar-refractivity contribution is 5.73.